The standard InChI is InChI=1S/C15H22N4S/c1-5-10-6-9-20-11(10)13-17-18-14-12(15(2,3)4)16-7-8-19(13)14/h6,9,12,16H,5,7-8H2,1-4H3. The van der Waals surface area contributed by atoms with Crippen LogP contribution in [0.5, 0.6) is 0 Å². The molecule has 0 saturated carbocycles. The highest BCUT2D eigenvalue weighted by Crippen LogP contribution is 2.36. The summed E-state index contributed by atoms with van der Waals surface area (Å²) in [6, 6.07) is 2.46. The van der Waals surface area contributed by atoms with Crippen LogP contribution in [0.4, 0.5) is 0 Å². The zero-order chi connectivity index (χ0) is 14.3. The summed E-state index contributed by atoms with van der Waals surface area (Å²) in [6.45, 7) is 10.9. The van der Waals surface area contributed by atoms with Crippen LogP contribution in [0.2, 0.25) is 0 Å². The summed E-state index contributed by atoms with van der Waals surface area (Å²) in [5.41, 5.74) is 1.52. The van der Waals surface area contributed by atoms with Gasteiger partial charge in [0.15, 0.2) is 11.6 Å². The monoisotopic (exact) mass is 290 g/mol. The lowest BCUT2D eigenvalue weighted by molar-refractivity contribution is 0.234. The van der Waals surface area contributed by atoms with Crippen LogP contribution in [0, 0.1) is 5.41 Å². The molecule has 3 rings (SSSR count). The van der Waals surface area contributed by atoms with E-state index in [2.05, 4.69) is 59.2 Å². The predicted octanol–water partition coefficient (Wildman–Crippen LogP) is 3.26. The Morgan fingerprint density at radius 2 is 2.20 bits per heavy atom. The molecule has 0 amide bonds. The summed E-state index contributed by atoms with van der Waals surface area (Å²) in [4.78, 5) is 1.28. The van der Waals surface area contributed by atoms with E-state index < -0.39 is 0 Å². The van der Waals surface area contributed by atoms with Crippen LogP contribution < -0.4 is 5.32 Å². The molecule has 5 heteroatoms. The van der Waals surface area contributed by atoms with Crippen LogP contribution in [-0.4, -0.2) is 21.3 Å². The van der Waals surface area contributed by atoms with Crippen LogP contribution in [0.1, 0.15) is 45.1 Å². The van der Waals surface area contributed by atoms with Crippen LogP contribution in [0.25, 0.3) is 10.7 Å². The molecule has 0 radical (unpaired) electrons. The minimum atomic E-state index is 0.144. The number of aromatic nitrogens is 3. The van der Waals surface area contributed by atoms with Gasteiger partial charge in [0, 0.05) is 13.1 Å². The number of aryl methyl sites for hydroxylation is 1. The van der Waals surface area contributed by atoms with Crippen LogP contribution in [0.15, 0.2) is 11.4 Å². The SMILES string of the molecule is CCc1ccsc1-c1nnc2n1CCNC2C(C)(C)C. The molecule has 0 saturated heterocycles. The van der Waals surface area contributed by atoms with Gasteiger partial charge in [-0.1, -0.05) is 27.7 Å². The maximum absolute atomic E-state index is 4.50. The first-order valence-electron chi connectivity index (χ1n) is 7.25. The second-order valence-corrected chi connectivity index (χ2v) is 7.33. The number of hydrogen-bond donors (Lipinski definition) is 1. The molecular formula is C15H22N4S. The zero-order valence-electron chi connectivity index (χ0n) is 12.6. The third kappa shape index (κ3) is 2.19. The van der Waals surface area contributed by atoms with Crippen molar-refractivity contribution in [3.8, 4) is 10.7 Å². The highest BCUT2D eigenvalue weighted by molar-refractivity contribution is 7.13. The van der Waals surface area contributed by atoms with E-state index in [-0.39, 0.29) is 11.5 Å². The topological polar surface area (TPSA) is 42.7 Å². The fraction of sp³-hybridized carbons (Fsp3) is 0.600. The lowest BCUT2D eigenvalue weighted by Crippen LogP contribution is -2.40. The van der Waals surface area contributed by atoms with Crippen LogP contribution >= 0.6 is 11.3 Å². The Hall–Kier alpha value is -1.20. The molecule has 1 atom stereocenters. The van der Waals surface area contributed by atoms with Crippen molar-refractivity contribution in [2.75, 3.05) is 6.54 Å². The van der Waals surface area contributed by atoms with Crippen molar-refractivity contribution >= 4 is 11.3 Å². The van der Waals surface area contributed by atoms with E-state index in [1.54, 1.807) is 11.3 Å². The quantitative estimate of drug-likeness (QED) is 0.923. The van der Waals surface area contributed by atoms with E-state index in [1.807, 2.05) is 0 Å². The van der Waals surface area contributed by atoms with Crippen molar-refractivity contribution in [2.45, 2.75) is 46.7 Å². The van der Waals surface area contributed by atoms with Crippen LogP contribution in [0.3, 0.4) is 0 Å². The molecule has 1 unspecified atom stereocenters. The number of nitrogens with one attached hydrogen (secondary N) is 1. The maximum atomic E-state index is 4.50. The third-order valence-corrected chi connectivity index (χ3v) is 4.87. The van der Waals surface area contributed by atoms with Crippen LogP contribution in [-0.2, 0) is 13.0 Å². The van der Waals surface area contributed by atoms with Gasteiger partial charge < -0.3 is 9.88 Å². The van der Waals surface area contributed by atoms with Gasteiger partial charge in [0.1, 0.15) is 0 Å². The molecule has 1 N–H and O–H groups in total. The second-order valence-electron chi connectivity index (χ2n) is 6.42. The molecular weight excluding hydrogens is 268 g/mol. The third-order valence-electron chi connectivity index (χ3n) is 3.92. The Labute approximate surface area is 124 Å². The molecule has 1 aliphatic rings. The fourth-order valence-electron chi connectivity index (χ4n) is 2.83. The van der Waals surface area contributed by atoms with Gasteiger partial charge in [-0.25, -0.2) is 0 Å². The van der Waals surface area contributed by atoms with E-state index in [0.717, 1.165) is 31.2 Å². The Kier molecular flexibility index (Phi) is 3.42. The molecule has 0 bridgehead atoms. The first-order chi connectivity index (χ1) is 9.52. The minimum absolute atomic E-state index is 0.144. The van der Waals surface area contributed by atoms with Crippen molar-refractivity contribution in [3.05, 3.63) is 22.8 Å². The van der Waals surface area contributed by atoms with E-state index in [9.17, 15) is 0 Å². The second kappa shape index (κ2) is 4.97. The molecule has 20 heavy (non-hydrogen) atoms. The molecule has 2 aromatic heterocycles. The van der Waals surface area contributed by atoms with Gasteiger partial charge in [0.25, 0.3) is 0 Å². The number of hydrogen-bond acceptors (Lipinski definition) is 4. The molecule has 2 aromatic rings. The Balaban J connectivity index is 2.07. The van der Waals surface area contributed by atoms with Gasteiger partial charge in [0.2, 0.25) is 0 Å². The number of thiophene rings is 1. The summed E-state index contributed by atoms with van der Waals surface area (Å²) in [5, 5.41) is 14.7. The van der Waals surface area contributed by atoms with Crippen molar-refractivity contribution in [1.29, 1.82) is 0 Å². The summed E-state index contributed by atoms with van der Waals surface area (Å²) >= 11 is 1.77. The van der Waals surface area contributed by atoms with Gasteiger partial charge in [-0.2, -0.15) is 0 Å². The maximum Gasteiger partial charge on any atom is 0.174 e. The number of nitrogens with zero attached hydrogens (tertiary/aromatic N) is 3. The molecule has 4 nitrogen and oxygen atoms in total. The first kappa shape index (κ1) is 13.8. The summed E-state index contributed by atoms with van der Waals surface area (Å²) in [6.07, 6.45) is 1.04. The van der Waals surface area contributed by atoms with Gasteiger partial charge in [-0.15, -0.1) is 21.5 Å². The largest absolute Gasteiger partial charge is 0.308 e. The molecule has 3 heterocycles. The molecule has 0 aliphatic carbocycles. The van der Waals surface area contributed by atoms with Gasteiger partial charge in [-0.05, 0) is 28.8 Å². The predicted molar refractivity (Wildman–Crippen MR) is 82.9 cm³/mol. The normalized spacial score (nSPS) is 19.1. The first-order valence-corrected chi connectivity index (χ1v) is 8.13. The minimum Gasteiger partial charge on any atom is -0.308 e. The summed E-state index contributed by atoms with van der Waals surface area (Å²) in [5.74, 6) is 2.12. The van der Waals surface area contributed by atoms with Gasteiger partial charge in [0.05, 0.1) is 10.9 Å². The summed E-state index contributed by atoms with van der Waals surface area (Å²) < 4.78 is 2.30. The Bertz CT molecular complexity index is 606. The van der Waals surface area contributed by atoms with Gasteiger partial charge >= 0.3 is 0 Å². The van der Waals surface area contributed by atoms with E-state index in [1.165, 1.54) is 10.4 Å². The van der Waals surface area contributed by atoms with Crippen molar-refractivity contribution in [2.24, 2.45) is 5.41 Å². The zero-order valence-corrected chi connectivity index (χ0v) is 13.4. The Morgan fingerprint density at radius 3 is 2.90 bits per heavy atom. The fourth-order valence-corrected chi connectivity index (χ4v) is 3.82. The number of rotatable bonds is 2. The van der Waals surface area contributed by atoms with E-state index >= 15 is 0 Å². The highest BCUT2D eigenvalue weighted by Gasteiger charge is 2.34. The van der Waals surface area contributed by atoms with Crippen molar-refractivity contribution in [1.82, 2.24) is 20.1 Å². The van der Waals surface area contributed by atoms with E-state index in [0.29, 0.717) is 0 Å². The molecule has 0 aromatic carbocycles. The Morgan fingerprint density at radius 1 is 1.40 bits per heavy atom. The molecule has 1 aliphatic heterocycles. The smallest absolute Gasteiger partial charge is 0.174 e. The average molecular weight is 290 g/mol. The van der Waals surface area contributed by atoms with Crippen molar-refractivity contribution < 1.29 is 0 Å². The molecule has 108 valence electrons. The van der Waals surface area contributed by atoms with Crippen molar-refractivity contribution in [3.63, 3.8) is 0 Å². The number of fused-ring (bicyclic) bond motifs is 1. The molecule has 0 spiro atoms. The summed E-state index contributed by atoms with van der Waals surface area (Å²) in [7, 11) is 0. The highest BCUT2D eigenvalue weighted by atomic mass is 32.1. The average Bonchev–Trinajstić information content (AvgIpc) is 3.02. The molecule has 0 fully saturated rings. The van der Waals surface area contributed by atoms with E-state index in [4.69, 9.17) is 0 Å². The lowest BCUT2D eigenvalue weighted by atomic mass is 9.85. The lowest BCUT2D eigenvalue weighted by Gasteiger charge is -2.34. The van der Waals surface area contributed by atoms with Gasteiger partial charge in [-0.3, -0.25) is 0 Å².